The van der Waals surface area contributed by atoms with Gasteiger partial charge in [0.1, 0.15) is 5.15 Å². The first-order valence-electron chi connectivity index (χ1n) is 4.06. The molecule has 0 saturated heterocycles. The second-order valence-corrected chi connectivity index (χ2v) is 3.50. The van der Waals surface area contributed by atoms with Crippen molar-refractivity contribution < 1.29 is 0 Å². The van der Waals surface area contributed by atoms with Gasteiger partial charge in [-0.15, -0.1) is 0 Å². The number of halogens is 1. The van der Waals surface area contributed by atoms with Gasteiger partial charge in [-0.2, -0.15) is 5.10 Å². The predicted octanol–water partition coefficient (Wildman–Crippen LogP) is 2.72. The average molecular weight is 171 g/mol. The molecular weight excluding hydrogens is 160 g/mol. The number of hydrogen-bond donors (Lipinski definition) is 1. The summed E-state index contributed by atoms with van der Waals surface area (Å²) in [7, 11) is 0. The minimum absolute atomic E-state index is 0.668. The average Bonchev–Trinajstić information content (AvgIpc) is 2.55. The molecule has 1 aliphatic carbocycles. The minimum Gasteiger partial charge on any atom is -0.267 e. The van der Waals surface area contributed by atoms with Gasteiger partial charge in [0.05, 0.1) is 6.20 Å². The third-order valence-electron chi connectivity index (χ3n) is 2.41. The molecule has 0 spiro atoms. The van der Waals surface area contributed by atoms with Crippen LogP contribution in [0.15, 0.2) is 6.20 Å². The second-order valence-electron chi connectivity index (χ2n) is 3.12. The summed E-state index contributed by atoms with van der Waals surface area (Å²) in [5, 5.41) is 7.40. The molecule has 0 atom stereocenters. The Kier molecular flexibility index (Phi) is 1.86. The summed E-state index contributed by atoms with van der Waals surface area (Å²) in [5.74, 6) is 0.668. The Bertz CT molecular complexity index is 238. The number of nitrogens with zero attached hydrogens (tertiary/aromatic N) is 1. The highest BCUT2D eigenvalue weighted by atomic mass is 35.5. The lowest BCUT2D eigenvalue weighted by atomic mass is 10.0. The van der Waals surface area contributed by atoms with E-state index in [0.717, 1.165) is 5.15 Å². The Morgan fingerprint density at radius 3 is 2.73 bits per heavy atom. The molecule has 1 aromatic heterocycles. The zero-order chi connectivity index (χ0) is 7.68. The first kappa shape index (κ1) is 7.17. The molecule has 1 saturated carbocycles. The van der Waals surface area contributed by atoms with Crippen molar-refractivity contribution in [2.24, 2.45) is 0 Å². The molecule has 60 valence electrons. The second kappa shape index (κ2) is 2.86. The number of H-pyrrole nitrogens is 1. The lowest BCUT2D eigenvalue weighted by Crippen LogP contribution is -1.89. The molecule has 1 heterocycles. The number of hydrogen-bond acceptors (Lipinski definition) is 1. The smallest absolute Gasteiger partial charge is 0.127 e. The van der Waals surface area contributed by atoms with Gasteiger partial charge in [-0.1, -0.05) is 24.4 Å². The number of rotatable bonds is 1. The fourth-order valence-corrected chi connectivity index (χ4v) is 2.05. The summed E-state index contributed by atoms with van der Waals surface area (Å²) < 4.78 is 0. The molecule has 1 aliphatic rings. The number of aromatic nitrogens is 2. The van der Waals surface area contributed by atoms with Crippen LogP contribution in [-0.4, -0.2) is 10.2 Å². The van der Waals surface area contributed by atoms with E-state index in [9.17, 15) is 0 Å². The van der Waals surface area contributed by atoms with Gasteiger partial charge in [0.25, 0.3) is 0 Å². The summed E-state index contributed by atoms with van der Waals surface area (Å²) in [6, 6.07) is 0. The van der Waals surface area contributed by atoms with Gasteiger partial charge in [-0.25, -0.2) is 0 Å². The van der Waals surface area contributed by atoms with E-state index < -0.39 is 0 Å². The fraction of sp³-hybridized carbons (Fsp3) is 0.625. The maximum Gasteiger partial charge on any atom is 0.127 e. The van der Waals surface area contributed by atoms with Crippen molar-refractivity contribution in [2.45, 2.75) is 31.6 Å². The highest BCUT2D eigenvalue weighted by Gasteiger charge is 2.20. The van der Waals surface area contributed by atoms with E-state index >= 15 is 0 Å². The van der Waals surface area contributed by atoms with E-state index in [-0.39, 0.29) is 0 Å². The molecule has 0 unspecified atom stereocenters. The van der Waals surface area contributed by atoms with E-state index in [2.05, 4.69) is 10.2 Å². The molecule has 0 bridgehead atoms. The van der Waals surface area contributed by atoms with Gasteiger partial charge >= 0.3 is 0 Å². The van der Waals surface area contributed by atoms with Crippen LogP contribution in [-0.2, 0) is 0 Å². The Morgan fingerprint density at radius 1 is 1.45 bits per heavy atom. The molecule has 11 heavy (non-hydrogen) atoms. The third-order valence-corrected chi connectivity index (χ3v) is 2.72. The number of aromatic amines is 1. The maximum atomic E-state index is 5.90. The summed E-state index contributed by atoms with van der Waals surface area (Å²) in [4.78, 5) is 0. The van der Waals surface area contributed by atoms with Crippen LogP contribution in [0.2, 0.25) is 5.15 Å². The standard InChI is InChI=1S/C8H11ClN2/c9-8-7(5-10-11-8)6-3-1-2-4-6/h5-6H,1-4H2,(H,10,11). The van der Waals surface area contributed by atoms with Crippen LogP contribution in [0.5, 0.6) is 0 Å². The van der Waals surface area contributed by atoms with Gasteiger partial charge in [0.15, 0.2) is 0 Å². The SMILES string of the molecule is Clc1[nH]ncc1C1CCCC1. The molecule has 1 fully saturated rings. The highest BCUT2D eigenvalue weighted by molar-refractivity contribution is 6.30. The van der Waals surface area contributed by atoms with E-state index in [1.165, 1.54) is 31.2 Å². The van der Waals surface area contributed by atoms with Gasteiger partial charge < -0.3 is 0 Å². The number of nitrogens with one attached hydrogen (secondary N) is 1. The molecular formula is C8H11ClN2. The van der Waals surface area contributed by atoms with Gasteiger partial charge in [-0.05, 0) is 18.8 Å². The Morgan fingerprint density at radius 2 is 2.18 bits per heavy atom. The summed E-state index contributed by atoms with van der Waals surface area (Å²) in [6.45, 7) is 0. The molecule has 0 radical (unpaired) electrons. The molecule has 0 amide bonds. The van der Waals surface area contributed by atoms with Crippen molar-refractivity contribution in [1.29, 1.82) is 0 Å². The van der Waals surface area contributed by atoms with Gasteiger partial charge in [0.2, 0.25) is 0 Å². The normalized spacial score (nSPS) is 19.4. The maximum absolute atomic E-state index is 5.90. The molecule has 3 heteroatoms. The highest BCUT2D eigenvalue weighted by Crippen LogP contribution is 2.36. The van der Waals surface area contributed by atoms with Crippen LogP contribution < -0.4 is 0 Å². The van der Waals surface area contributed by atoms with Crippen molar-refractivity contribution in [2.75, 3.05) is 0 Å². The van der Waals surface area contributed by atoms with E-state index in [0.29, 0.717) is 5.92 Å². The Hall–Kier alpha value is -0.500. The Balaban J connectivity index is 2.21. The quantitative estimate of drug-likeness (QED) is 0.690. The van der Waals surface area contributed by atoms with Crippen molar-refractivity contribution >= 4 is 11.6 Å². The van der Waals surface area contributed by atoms with Gasteiger partial charge in [0, 0.05) is 5.56 Å². The van der Waals surface area contributed by atoms with E-state index in [1.807, 2.05) is 6.20 Å². The molecule has 1 aromatic rings. The molecule has 0 aromatic carbocycles. The Labute approximate surface area is 71.0 Å². The van der Waals surface area contributed by atoms with Crippen LogP contribution in [0, 0.1) is 0 Å². The molecule has 2 rings (SSSR count). The lowest BCUT2D eigenvalue weighted by Gasteiger charge is -2.04. The van der Waals surface area contributed by atoms with Crippen LogP contribution in [0.3, 0.4) is 0 Å². The first-order chi connectivity index (χ1) is 5.38. The zero-order valence-corrected chi connectivity index (χ0v) is 7.06. The summed E-state index contributed by atoms with van der Waals surface area (Å²) in [6.07, 6.45) is 7.09. The van der Waals surface area contributed by atoms with Crippen LogP contribution >= 0.6 is 11.6 Å². The third kappa shape index (κ3) is 1.27. The van der Waals surface area contributed by atoms with Crippen molar-refractivity contribution in [1.82, 2.24) is 10.2 Å². The summed E-state index contributed by atoms with van der Waals surface area (Å²) in [5.41, 5.74) is 1.21. The molecule has 2 nitrogen and oxygen atoms in total. The molecule has 0 aliphatic heterocycles. The minimum atomic E-state index is 0.668. The first-order valence-corrected chi connectivity index (χ1v) is 4.44. The predicted molar refractivity (Wildman–Crippen MR) is 44.8 cm³/mol. The lowest BCUT2D eigenvalue weighted by molar-refractivity contribution is 0.724. The topological polar surface area (TPSA) is 28.7 Å². The van der Waals surface area contributed by atoms with Crippen molar-refractivity contribution in [3.8, 4) is 0 Å². The van der Waals surface area contributed by atoms with E-state index in [4.69, 9.17) is 11.6 Å². The van der Waals surface area contributed by atoms with Gasteiger partial charge in [-0.3, -0.25) is 5.10 Å². The fourth-order valence-electron chi connectivity index (χ4n) is 1.80. The largest absolute Gasteiger partial charge is 0.267 e. The summed E-state index contributed by atoms with van der Waals surface area (Å²) >= 11 is 5.90. The van der Waals surface area contributed by atoms with Crippen LogP contribution in [0.4, 0.5) is 0 Å². The monoisotopic (exact) mass is 170 g/mol. The van der Waals surface area contributed by atoms with E-state index in [1.54, 1.807) is 0 Å². The van der Waals surface area contributed by atoms with Crippen LogP contribution in [0.1, 0.15) is 37.2 Å². The van der Waals surface area contributed by atoms with Crippen molar-refractivity contribution in [3.63, 3.8) is 0 Å². The van der Waals surface area contributed by atoms with Crippen LogP contribution in [0.25, 0.3) is 0 Å². The zero-order valence-electron chi connectivity index (χ0n) is 6.31. The van der Waals surface area contributed by atoms with Crippen molar-refractivity contribution in [3.05, 3.63) is 16.9 Å². The molecule has 1 N–H and O–H groups in total.